The zero-order valence-corrected chi connectivity index (χ0v) is 16.6. The Morgan fingerprint density at radius 3 is 2.52 bits per heavy atom. The maximum Gasteiger partial charge on any atom is 0.328 e. The molecule has 2 aromatic heterocycles. The van der Waals surface area contributed by atoms with E-state index >= 15 is 0 Å². The molecule has 2 aromatic carbocycles. The van der Waals surface area contributed by atoms with Gasteiger partial charge in [-0.05, 0) is 37.3 Å². The Morgan fingerprint density at radius 1 is 1.07 bits per heavy atom. The highest BCUT2D eigenvalue weighted by molar-refractivity contribution is 7.89. The van der Waals surface area contributed by atoms with Gasteiger partial charge in [-0.1, -0.05) is 12.1 Å². The molecule has 27 heavy (non-hydrogen) atoms. The van der Waals surface area contributed by atoms with Gasteiger partial charge in [0.2, 0.25) is 10.0 Å². The molecule has 0 saturated carbocycles. The van der Waals surface area contributed by atoms with Crippen molar-refractivity contribution in [1.82, 2.24) is 18.8 Å². The van der Waals surface area contributed by atoms with Crippen LogP contribution in [0.4, 0.5) is 0 Å². The molecule has 0 aliphatic heterocycles. The minimum atomic E-state index is -3.76. The molecule has 7 nitrogen and oxygen atoms in total. The predicted octanol–water partition coefficient (Wildman–Crippen LogP) is 2.53. The molecule has 0 aliphatic carbocycles. The molecule has 0 unspecified atom stereocenters. The van der Waals surface area contributed by atoms with E-state index in [4.69, 9.17) is 0 Å². The molecule has 9 heteroatoms. The van der Waals surface area contributed by atoms with Gasteiger partial charge in [-0.25, -0.2) is 22.9 Å². The number of thiazole rings is 1. The van der Waals surface area contributed by atoms with Gasteiger partial charge < -0.3 is 0 Å². The zero-order chi connectivity index (χ0) is 19.3. The highest BCUT2D eigenvalue weighted by Gasteiger charge is 2.22. The molecule has 4 aromatic rings. The van der Waals surface area contributed by atoms with E-state index in [0.29, 0.717) is 16.0 Å². The lowest BCUT2D eigenvalue weighted by molar-refractivity contribution is 0.566. The Kier molecular flexibility index (Phi) is 4.17. The summed E-state index contributed by atoms with van der Waals surface area (Å²) in [7, 11) is -0.483. The van der Waals surface area contributed by atoms with Crippen LogP contribution in [0.1, 0.15) is 18.0 Å². The van der Waals surface area contributed by atoms with Crippen LogP contribution in [-0.2, 0) is 24.1 Å². The van der Waals surface area contributed by atoms with Crippen molar-refractivity contribution in [2.45, 2.75) is 17.9 Å². The number of nitrogens with one attached hydrogen (secondary N) is 1. The molecular formula is C18H18N4O3S2. The van der Waals surface area contributed by atoms with Crippen LogP contribution in [0, 0.1) is 0 Å². The second-order valence-electron chi connectivity index (χ2n) is 6.41. The summed E-state index contributed by atoms with van der Waals surface area (Å²) in [5.41, 5.74) is 1.90. The molecule has 1 atom stereocenters. The first-order chi connectivity index (χ1) is 12.8. The standard InChI is InChI=1S/C18H18N4O3S2/c1-11(17-19-13-6-4-5-7-16(13)26-17)20-27(24,25)12-8-9-14-15(10-12)22(3)18(23)21(14)2/h4-11,20H,1-3H3/t11-/m0/s1. The van der Waals surface area contributed by atoms with Crippen LogP contribution in [0.3, 0.4) is 0 Å². The second-order valence-corrected chi connectivity index (χ2v) is 9.19. The Balaban J connectivity index is 1.69. The van der Waals surface area contributed by atoms with Crippen molar-refractivity contribution in [3.8, 4) is 0 Å². The lowest BCUT2D eigenvalue weighted by atomic mass is 10.3. The lowest BCUT2D eigenvalue weighted by Crippen LogP contribution is -2.26. The number of benzene rings is 2. The van der Waals surface area contributed by atoms with E-state index in [-0.39, 0.29) is 10.6 Å². The Hall–Kier alpha value is -2.49. The van der Waals surface area contributed by atoms with Gasteiger partial charge >= 0.3 is 5.69 Å². The van der Waals surface area contributed by atoms with Gasteiger partial charge in [-0.15, -0.1) is 11.3 Å². The summed E-state index contributed by atoms with van der Waals surface area (Å²) < 4.78 is 32.3. The van der Waals surface area contributed by atoms with E-state index in [9.17, 15) is 13.2 Å². The van der Waals surface area contributed by atoms with Crippen LogP contribution in [0.2, 0.25) is 0 Å². The van der Waals surface area contributed by atoms with Crippen molar-refractivity contribution < 1.29 is 8.42 Å². The summed E-state index contributed by atoms with van der Waals surface area (Å²) in [5, 5.41) is 0.702. The number of aromatic nitrogens is 3. The number of hydrogen-bond acceptors (Lipinski definition) is 5. The number of sulfonamides is 1. The van der Waals surface area contributed by atoms with Crippen molar-refractivity contribution in [1.29, 1.82) is 0 Å². The fraction of sp³-hybridized carbons (Fsp3) is 0.222. The van der Waals surface area contributed by atoms with Crippen molar-refractivity contribution >= 4 is 42.6 Å². The molecule has 2 heterocycles. The van der Waals surface area contributed by atoms with E-state index in [1.807, 2.05) is 24.3 Å². The highest BCUT2D eigenvalue weighted by atomic mass is 32.2. The van der Waals surface area contributed by atoms with E-state index in [2.05, 4.69) is 9.71 Å². The molecule has 1 N–H and O–H groups in total. The summed E-state index contributed by atoms with van der Waals surface area (Å²) in [6.45, 7) is 1.77. The van der Waals surface area contributed by atoms with Gasteiger partial charge in [-0.3, -0.25) is 9.13 Å². The smallest absolute Gasteiger partial charge is 0.295 e. The number of nitrogens with zero attached hydrogens (tertiary/aromatic N) is 3. The predicted molar refractivity (Wildman–Crippen MR) is 107 cm³/mol. The summed E-state index contributed by atoms with van der Waals surface area (Å²) in [5.74, 6) is 0. The van der Waals surface area contributed by atoms with E-state index in [1.165, 1.54) is 32.6 Å². The molecule has 0 bridgehead atoms. The first kappa shape index (κ1) is 17.9. The molecule has 0 fully saturated rings. The van der Waals surface area contributed by atoms with Gasteiger partial charge in [0.25, 0.3) is 0 Å². The fourth-order valence-corrected chi connectivity index (χ4v) is 5.35. The summed E-state index contributed by atoms with van der Waals surface area (Å²) in [4.78, 5) is 16.7. The Labute approximate surface area is 159 Å². The maximum atomic E-state index is 12.8. The fourth-order valence-electron chi connectivity index (χ4n) is 3.08. The Morgan fingerprint density at radius 2 is 1.78 bits per heavy atom. The quantitative estimate of drug-likeness (QED) is 0.568. The highest BCUT2D eigenvalue weighted by Crippen LogP contribution is 2.27. The number of rotatable bonds is 4. The number of fused-ring (bicyclic) bond motifs is 2. The van der Waals surface area contributed by atoms with Crippen LogP contribution in [0.15, 0.2) is 52.2 Å². The first-order valence-corrected chi connectivity index (χ1v) is 10.6. The first-order valence-electron chi connectivity index (χ1n) is 8.31. The van der Waals surface area contributed by atoms with Crippen LogP contribution in [-0.4, -0.2) is 22.5 Å². The van der Waals surface area contributed by atoms with Crippen LogP contribution in [0.25, 0.3) is 21.3 Å². The average Bonchev–Trinajstić information content (AvgIpc) is 3.17. The van der Waals surface area contributed by atoms with Crippen LogP contribution in [0.5, 0.6) is 0 Å². The maximum absolute atomic E-state index is 12.8. The SMILES string of the molecule is C[C@H](NS(=O)(=O)c1ccc2c(c1)n(C)c(=O)n2C)c1nc2ccccc2s1. The van der Waals surface area contributed by atoms with Gasteiger partial charge in [0.1, 0.15) is 5.01 Å². The van der Waals surface area contributed by atoms with E-state index < -0.39 is 16.1 Å². The molecule has 140 valence electrons. The summed E-state index contributed by atoms with van der Waals surface area (Å²) in [6.07, 6.45) is 0. The van der Waals surface area contributed by atoms with Crippen LogP contribution < -0.4 is 10.4 Å². The number of aryl methyl sites for hydroxylation is 2. The zero-order valence-electron chi connectivity index (χ0n) is 15.0. The summed E-state index contributed by atoms with van der Waals surface area (Å²) >= 11 is 1.46. The van der Waals surface area contributed by atoms with Crippen molar-refractivity contribution in [2.24, 2.45) is 14.1 Å². The van der Waals surface area contributed by atoms with Gasteiger partial charge in [-0.2, -0.15) is 0 Å². The minimum Gasteiger partial charge on any atom is -0.295 e. The number of para-hydroxylation sites is 1. The largest absolute Gasteiger partial charge is 0.328 e. The molecule has 0 aliphatic rings. The van der Waals surface area contributed by atoms with Crippen molar-refractivity contribution in [3.05, 3.63) is 58.0 Å². The lowest BCUT2D eigenvalue weighted by Gasteiger charge is -2.12. The third-order valence-corrected chi connectivity index (χ3v) is 7.32. The third kappa shape index (κ3) is 2.97. The van der Waals surface area contributed by atoms with Gasteiger partial charge in [0, 0.05) is 14.1 Å². The van der Waals surface area contributed by atoms with Crippen molar-refractivity contribution in [2.75, 3.05) is 0 Å². The molecular weight excluding hydrogens is 384 g/mol. The minimum absolute atomic E-state index is 0.115. The van der Waals surface area contributed by atoms with E-state index in [1.54, 1.807) is 27.1 Å². The monoisotopic (exact) mass is 402 g/mol. The molecule has 0 radical (unpaired) electrons. The average molecular weight is 403 g/mol. The number of hydrogen-bond donors (Lipinski definition) is 1. The molecule has 0 saturated heterocycles. The third-order valence-electron chi connectivity index (χ3n) is 4.57. The van der Waals surface area contributed by atoms with Crippen LogP contribution >= 0.6 is 11.3 Å². The van der Waals surface area contributed by atoms with Crippen molar-refractivity contribution in [3.63, 3.8) is 0 Å². The Bertz CT molecular complexity index is 1300. The molecule has 0 amide bonds. The molecule has 0 spiro atoms. The second kappa shape index (κ2) is 6.29. The molecule has 4 rings (SSSR count). The van der Waals surface area contributed by atoms with Gasteiger partial charge in [0.05, 0.1) is 32.2 Å². The van der Waals surface area contributed by atoms with Gasteiger partial charge in [0.15, 0.2) is 0 Å². The normalized spacial score (nSPS) is 13.4. The topological polar surface area (TPSA) is 86.0 Å². The number of imidazole rings is 1. The van der Waals surface area contributed by atoms with E-state index in [0.717, 1.165) is 10.2 Å². The summed E-state index contributed by atoms with van der Waals surface area (Å²) in [6, 6.07) is 11.9.